The number of hydrogen-bond acceptors (Lipinski definition) is 7. The van der Waals surface area contributed by atoms with Crippen LogP contribution in [0.1, 0.15) is 51.8 Å². The van der Waals surface area contributed by atoms with Crippen LogP contribution in [0.4, 0.5) is 0 Å². The van der Waals surface area contributed by atoms with Crippen LogP contribution >= 0.6 is 0 Å². The lowest BCUT2D eigenvalue weighted by Crippen LogP contribution is -2.54. The maximum Gasteiger partial charge on any atom is 0.192 e. The van der Waals surface area contributed by atoms with Gasteiger partial charge < -0.3 is 33.2 Å². The van der Waals surface area contributed by atoms with Crippen LogP contribution in [-0.4, -0.2) is 60.7 Å². The molecule has 0 aromatic heterocycles. The van der Waals surface area contributed by atoms with E-state index < -0.39 is 20.5 Å². The normalized spacial score (nSPS) is 26.2. The predicted molar refractivity (Wildman–Crippen MR) is 132 cm³/mol. The Bertz CT molecular complexity index is 785. The number of benzene rings is 1. The highest BCUT2D eigenvalue weighted by Crippen LogP contribution is 2.55. The molecule has 1 aliphatic heterocycles. The van der Waals surface area contributed by atoms with Crippen LogP contribution < -0.4 is 18.9 Å². The van der Waals surface area contributed by atoms with Gasteiger partial charge in [-0.15, -0.1) is 0 Å². The highest BCUT2D eigenvalue weighted by Gasteiger charge is 2.49. The van der Waals surface area contributed by atoms with Crippen LogP contribution in [0.25, 0.3) is 0 Å². The first-order chi connectivity index (χ1) is 15.3. The second-order valence-corrected chi connectivity index (χ2v) is 15.3. The lowest BCUT2D eigenvalue weighted by atomic mass is 9.80. The molecule has 7 nitrogen and oxygen atoms in total. The molecule has 5 atom stereocenters. The van der Waals surface area contributed by atoms with E-state index >= 15 is 0 Å². The van der Waals surface area contributed by atoms with Gasteiger partial charge in [-0.05, 0) is 25.1 Å². The Kier molecular flexibility index (Phi) is 8.76. The van der Waals surface area contributed by atoms with Crippen molar-refractivity contribution in [3.05, 3.63) is 11.1 Å². The van der Waals surface area contributed by atoms with Gasteiger partial charge in [0.1, 0.15) is 0 Å². The quantitative estimate of drug-likeness (QED) is 0.513. The molecule has 1 N–H and O–H groups in total. The second-order valence-electron chi connectivity index (χ2n) is 10.5. The molecular weight excluding hydrogens is 440 g/mol. The maximum atomic E-state index is 10.2. The number of ether oxygens (including phenoxy) is 5. The van der Waals surface area contributed by atoms with Gasteiger partial charge in [0.25, 0.3) is 0 Å². The fraction of sp³-hybridized carbons (Fsp3) is 0.760. The third-order valence-corrected chi connectivity index (χ3v) is 12.0. The van der Waals surface area contributed by atoms with E-state index in [1.807, 2.05) is 6.92 Å². The van der Waals surface area contributed by atoms with Crippen molar-refractivity contribution < 1.29 is 33.2 Å². The highest BCUT2D eigenvalue weighted by molar-refractivity contribution is 6.74. The van der Waals surface area contributed by atoms with Crippen LogP contribution in [0, 0.1) is 18.8 Å². The molecule has 2 rings (SSSR count). The average Bonchev–Trinajstić information content (AvgIpc) is 2.75. The minimum absolute atomic E-state index is 0.0154. The molecule has 190 valence electrons. The van der Waals surface area contributed by atoms with Gasteiger partial charge in [-0.2, -0.15) is 0 Å². The van der Waals surface area contributed by atoms with Crippen molar-refractivity contribution in [3.63, 3.8) is 0 Å². The van der Waals surface area contributed by atoms with Crippen LogP contribution in [0.15, 0.2) is 0 Å². The molecule has 0 saturated carbocycles. The van der Waals surface area contributed by atoms with Gasteiger partial charge in [0, 0.05) is 17.4 Å². The summed E-state index contributed by atoms with van der Waals surface area (Å²) < 4.78 is 36.6. The average molecular weight is 485 g/mol. The van der Waals surface area contributed by atoms with Crippen molar-refractivity contribution in [3.8, 4) is 23.0 Å². The third kappa shape index (κ3) is 4.99. The van der Waals surface area contributed by atoms with E-state index in [0.717, 1.165) is 5.56 Å². The molecular formula is C25H44O7Si. The molecule has 0 unspecified atom stereocenters. The second kappa shape index (κ2) is 10.4. The van der Waals surface area contributed by atoms with Crippen LogP contribution in [0.5, 0.6) is 23.0 Å². The van der Waals surface area contributed by atoms with Crippen molar-refractivity contribution in [2.75, 3.05) is 35.0 Å². The standard InChI is InChI=1S/C25H44O7Si/c1-14-17(13-26)31-20(15(2)19(14)32-33(11,12)25(4,5)6)18-23(29-9)21(27-7)16(3)22(28-8)24(18)30-10/h14-15,17,19-20,26H,13H2,1-12H3/t14-,15+,17+,19-,20+/m0/s1. The molecule has 33 heavy (non-hydrogen) atoms. The molecule has 1 fully saturated rings. The Labute approximate surface area is 200 Å². The first-order valence-electron chi connectivity index (χ1n) is 11.6. The largest absolute Gasteiger partial charge is 0.492 e. The van der Waals surface area contributed by atoms with Gasteiger partial charge >= 0.3 is 0 Å². The SMILES string of the molecule is COc1c(C)c(OC)c(OC)c([C@@H]2O[C@H](CO)[C@H](C)[C@H](O[Si](C)(C)C(C)(C)C)[C@H]2C)c1OC. The van der Waals surface area contributed by atoms with Crippen molar-refractivity contribution in [1.29, 1.82) is 0 Å². The molecule has 1 saturated heterocycles. The van der Waals surface area contributed by atoms with E-state index in [1.165, 1.54) is 0 Å². The first-order valence-corrected chi connectivity index (χ1v) is 14.5. The van der Waals surface area contributed by atoms with E-state index in [1.54, 1.807) is 28.4 Å². The lowest BCUT2D eigenvalue weighted by molar-refractivity contribution is -0.174. The summed E-state index contributed by atoms with van der Waals surface area (Å²) in [6, 6.07) is 0. The summed E-state index contributed by atoms with van der Waals surface area (Å²) in [6.07, 6.45) is -0.968. The van der Waals surface area contributed by atoms with Gasteiger partial charge in [-0.1, -0.05) is 34.6 Å². The molecule has 0 amide bonds. The monoisotopic (exact) mass is 484 g/mol. The number of methoxy groups -OCH3 is 4. The van der Waals surface area contributed by atoms with E-state index in [9.17, 15) is 5.11 Å². The topological polar surface area (TPSA) is 75.6 Å². The van der Waals surface area contributed by atoms with E-state index in [-0.39, 0.29) is 29.6 Å². The first kappa shape index (κ1) is 27.8. The number of aliphatic hydroxyl groups is 1. The van der Waals surface area contributed by atoms with Crippen LogP contribution in [0.3, 0.4) is 0 Å². The molecule has 1 aromatic rings. The van der Waals surface area contributed by atoms with Crippen LogP contribution in [0.2, 0.25) is 18.1 Å². The van der Waals surface area contributed by atoms with Gasteiger partial charge in [0.05, 0.1) is 58.9 Å². The van der Waals surface area contributed by atoms with Gasteiger partial charge in [0.15, 0.2) is 31.3 Å². The van der Waals surface area contributed by atoms with Crippen molar-refractivity contribution in [2.45, 2.75) is 78.0 Å². The van der Waals surface area contributed by atoms with Gasteiger partial charge in [-0.25, -0.2) is 0 Å². The number of hydrogen-bond donors (Lipinski definition) is 1. The third-order valence-electron chi connectivity index (χ3n) is 7.52. The Balaban J connectivity index is 2.72. The Hall–Kier alpha value is -1.48. The molecule has 0 aliphatic carbocycles. The zero-order valence-electron chi connectivity index (χ0n) is 22.5. The van der Waals surface area contributed by atoms with Gasteiger partial charge in [0.2, 0.25) is 0 Å². The van der Waals surface area contributed by atoms with E-state index in [0.29, 0.717) is 28.6 Å². The minimum Gasteiger partial charge on any atom is -0.492 e. The number of aliphatic hydroxyl groups excluding tert-OH is 1. The molecule has 1 aliphatic rings. The minimum atomic E-state index is -2.09. The van der Waals surface area contributed by atoms with Crippen molar-refractivity contribution >= 4 is 8.32 Å². The molecule has 0 spiro atoms. The number of rotatable bonds is 8. The summed E-state index contributed by atoms with van der Waals surface area (Å²) in [5.74, 6) is 2.20. The molecule has 0 bridgehead atoms. The molecule has 1 aromatic carbocycles. The Morgan fingerprint density at radius 1 is 0.848 bits per heavy atom. The van der Waals surface area contributed by atoms with Crippen LogP contribution in [-0.2, 0) is 9.16 Å². The molecule has 8 heteroatoms. The fourth-order valence-corrected chi connectivity index (χ4v) is 5.98. The Morgan fingerprint density at radius 2 is 1.30 bits per heavy atom. The Morgan fingerprint density at radius 3 is 1.67 bits per heavy atom. The summed E-state index contributed by atoms with van der Waals surface area (Å²) in [7, 11) is 4.34. The predicted octanol–water partition coefficient (Wildman–Crippen LogP) is 5.12. The lowest BCUT2D eigenvalue weighted by Gasteiger charge is -2.49. The summed E-state index contributed by atoms with van der Waals surface area (Å²) in [4.78, 5) is 0. The van der Waals surface area contributed by atoms with Crippen molar-refractivity contribution in [2.24, 2.45) is 11.8 Å². The maximum absolute atomic E-state index is 10.2. The smallest absolute Gasteiger partial charge is 0.192 e. The molecule has 1 heterocycles. The summed E-state index contributed by atoms with van der Waals surface area (Å²) in [5, 5.41) is 10.3. The van der Waals surface area contributed by atoms with Gasteiger partial charge in [-0.3, -0.25) is 0 Å². The summed E-state index contributed by atoms with van der Waals surface area (Å²) in [6.45, 7) is 17.2. The highest BCUT2D eigenvalue weighted by atomic mass is 28.4. The summed E-state index contributed by atoms with van der Waals surface area (Å²) in [5.41, 5.74) is 1.49. The van der Waals surface area contributed by atoms with Crippen molar-refractivity contribution in [1.82, 2.24) is 0 Å². The van der Waals surface area contributed by atoms with E-state index in [4.69, 9.17) is 28.1 Å². The van der Waals surface area contributed by atoms with E-state index in [2.05, 4.69) is 47.7 Å². The summed E-state index contributed by atoms with van der Waals surface area (Å²) >= 11 is 0. The fourth-order valence-electron chi connectivity index (χ4n) is 4.52. The zero-order valence-corrected chi connectivity index (χ0v) is 23.5. The molecule has 0 radical (unpaired) electrons. The zero-order chi connectivity index (χ0) is 25.3.